The van der Waals surface area contributed by atoms with Crippen LogP contribution in [-0.4, -0.2) is 102 Å². The molecule has 9 rings (SSSR count). The summed E-state index contributed by atoms with van der Waals surface area (Å²) in [6.07, 6.45) is 10.3. The predicted octanol–water partition coefficient (Wildman–Crippen LogP) is 4.98. The molecular weight excluding hydrogens is 849 g/mol. The number of ether oxygens (including phenoxy) is 1. The second kappa shape index (κ2) is 18.1. The summed E-state index contributed by atoms with van der Waals surface area (Å²) in [7, 11) is -4.09. The molecule has 64 heavy (non-hydrogen) atoms. The SMILES string of the molecule is O=C1CCC(Nc2ccc(CC(=O)NC3CC(OC4CCN(c5ccc(-c6cnc7[nH]cc(C(=O)c8c(F)ccc(NS(=O)(=O)N9CCCC9)c8F)c7c6)cn5)CC4)C3)cc2)C(=O)N1. The van der Waals surface area contributed by atoms with Crippen molar-refractivity contribution in [3.05, 3.63) is 102 Å². The van der Waals surface area contributed by atoms with Crippen LogP contribution in [0.4, 0.5) is 26.0 Å². The average Bonchev–Trinajstić information content (AvgIpc) is 3.98. The third kappa shape index (κ3) is 9.32. The van der Waals surface area contributed by atoms with E-state index in [9.17, 15) is 27.6 Å². The number of ketones is 1. The zero-order chi connectivity index (χ0) is 44.5. The molecule has 0 radical (unpaired) electrons. The van der Waals surface area contributed by atoms with Crippen molar-refractivity contribution in [2.75, 3.05) is 41.1 Å². The number of hydrogen-bond donors (Lipinski definition) is 5. The van der Waals surface area contributed by atoms with Gasteiger partial charge in [0.15, 0.2) is 5.82 Å². The molecule has 334 valence electrons. The number of amides is 3. The third-order valence-electron chi connectivity index (χ3n) is 12.3. The third-order valence-corrected chi connectivity index (χ3v) is 13.9. The number of halogens is 2. The van der Waals surface area contributed by atoms with E-state index in [0.29, 0.717) is 42.3 Å². The Kier molecular flexibility index (Phi) is 12.1. The number of imide groups is 1. The van der Waals surface area contributed by atoms with E-state index in [1.807, 2.05) is 36.4 Å². The van der Waals surface area contributed by atoms with E-state index in [2.05, 4.69) is 35.5 Å². The first-order chi connectivity index (χ1) is 30.9. The van der Waals surface area contributed by atoms with Crippen LogP contribution in [0.25, 0.3) is 22.2 Å². The Balaban J connectivity index is 0.743. The standard InChI is InChI=1S/C45H47F2N9O7S/c46-35-8-9-36(54-64(61,62)56-15-1-2-16-56)42(47)41(35)43(59)34-25-50-44-33(34)20-28(24-49-44)27-5-11-38(48-23-27)55-17-13-31(14-18-55)63-32-21-30(22-32)52-40(58)19-26-3-6-29(7-4-26)51-37-10-12-39(57)53-45(37)60/h3-9,11,20,23-25,30-32,37,51,54H,1-2,10,12-19,21-22H2,(H,49,50)(H,52,58)(H,53,57,60). The molecule has 16 nitrogen and oxygen atoms in total. The topological polar surface area (TPSA) is 208 Å². The number of pyridine rings is 2. The number of benzene rings is 2. The van der Waals surface area contributed by atoms with E-state index in [0.717, 1.165) is 73.5 Å². The minimum atomic E-state index is -4.09. The molecule has 1 unspecified atom stereocenters. The summed E-state index contributed by atoms with van der Waals surface area (Å²) in [4.78, 5) is 64.1. The lowest BCUT2D eigenvalue weighted by atomic mass is 9.88. The Labute approximate surface area is 367 Å². The summed E-state index contributed by atoms with van der Waals surface area (Å²) < 4.78 is 66.2. The normalized spacial score (nSPS) is 20.8. The number of anilines is 3. The number of nitrogens with one attached hydrogen (secondary N) is 5. The highest BCUT2D eigenvalue weighted by atomic mass is 32.2. The first-order valence-electron chi connectivity index (χ1n) is 21.5. The monoisotopic (exact) mass is 895 g/mol. The summed E-state index contributed by atoms with van der Waals surface area (Å²) in [5.74, 6) is -3.25. The van der Waals surface area contributed by atoms with Crippen LogP contribution in [0.1, 0.15) is 72.9 Å². The number of fused-ring (bicyclic) bond motifs is 1. The molecule has 5 N–H and O–H groups in total. The van der Waals surface area contributed by atoms with Crippen LogP contribution >= 0.6 is 0 Å². The zero-order valence-electron chi connectivity index (χ0n) is 34.7. The first-order valence-corrected chi connectivity index (χ1v) is 22.9. The van der Waals surface area contributed by atoms with Crippen LogP contribution in [0, 0.1) is 11.6 Å². The number of piperidine rings is 2. The van der Waals surface area contributed by atoms with Crippen molar-refractivity contribution in [3.63, 3.8) is 0 Å². The van der Waals surface area contributed by atoms with E-state index < -0.39 is 44.9 Å². The van der Waals surface area contributed by atoms with Crippen LogP contribution in [0.15, 0.2) is 73.2 Å². The lowest BCUT2D eigenvalue weighted by Gasteiger charge is -2.40. The molecule has 3 aromatic heterocycles. The molecule has 5 aromatic rings. The molecule has 0 bridgehead atoms. The van der Waals surface area contributed by atoms with E-state index in [1.54, 1.807) is 18.5 Å². The number of carbonyl (C=O) groups excluding carboxylic acids is 4. The van der Waals surface area contributed by atoms with Gasteiger partial charge in [-0.3, -0.25) is 29.2 Å². The van der Waals surface area contributed by atoms with Gasteiger partial charge in [-0.15, -0.1) is 0 Å². The molecule has 3 amide bonds. The van der Waals surface area contributed by atoms with Gasteiger partial charge in [-0.25, -0.2) is 18.7 Å². The lowest BCUT2D eigenvalue weighted by molar-refractivity contribution is -0.133. The van der Waals surface area contributed by atoms with Gasteiger partial charge < -0.3 is 25.3 Å². The summed E-state index contributed by atoms with van der Waals surface area (Å²) in [5, 5.41) is 8.91. The maximum atomic E-state index is 15.7. The fraction of sp³-hybridized carbons (Fsp3) is 0.378. The highest BCUT2D eigenvalue weighted by molar-refractivity contribution is 7.90. The number of rotatable bonds is 14. The van der Waals surface area contributed by atoms with E-state index >= 15 is 8.78 Å². The van der Waals surface area contributed by atoms with Gasteiger partial charge in [-0.1, -0.05) is 12.1 Å². The fourth-order valence-electron chi connectivity index (χ4n) is 8.70. The van der Waals surface area contributed by atoms with Gasteiger partial charge in [0, 0.05) is 85.0 Å². The van der Waals surface area contributed by atoms with Gasteiger partial charge in [0.2, 0.25) is 23.5 Å². The van der Waals surface area contributed by atoms with Gasteiger partial charge in [0.1, 0.15) is 23.3 Å². The predicted molar refractivity (Wildman–Crippen MR) is 234 cm³/mol. The van der Waals surface area contributed by atoms with Crippen LogP contribution in [0.3, 0.4) is 0 Å². The van der Waals surface area contributed by atoms with Crippen molar-refractivity contribution in [2.24, 2.45) is 0 Å². The van der Waals surface area contributed by atoms with Crippen LogP contribution in [-0.2, 0) is 35.8 Å². The lowest BCUT2D eigenvalue weighted by Crippen LogP contribution is -2.50. The van der Waals surface area contributed by atoms with Crippen molar-refractivity contribution in [1.82, 2.24) is 29.9 Å². The molecule has 4 aliphatic rings. The second-order valence-corrected chi connectivity index (χ2v) is 18.4. The molecule has 1 saturated carbocycles. The number of aromatic nitrogens is 3. The Hall–Kier alpha value is -6.31. The Morgan fingerprint density at radius 2 is 1.62 bits per heavy atom. The first kappa shape index (κ1) is 43.0. The van der Waals surface area contributed by atoms with Crippen LogP contribution in [0.2, 0.25) is 0 Å². The number of nitrogens with zero attached hydrogens (tertiary/aromatic N) is 4. The summed E-state index contributed by atoms with van der Waals surface area (Å²) in [6.45, 7) is 2.07. The van der Waals surface area contributed by atoms with Gasteiger partial charge in [-0.05, 0) is 93.0 Å². The number of H-pyrrole nitrogens is 1. The van der Waals surface area contributed by atoms with Gasteiger partial charge in [-0.2, -0.15) is 12.7 Å². The van der Waals surface area contributed by atoms with Gasteiger partial charge in [0.05, 0.1) is 29.9 Å². The maximum Gasteiger partial charge on any atom is 0.301 e. The smallest absolute Gasteiger partial charge is 0.301 e. The number of aromatic amines is 1. The number of hydrogen-bond acceptors (Lipinski definition) is 11. The fourth-order valence-corrected chi connectivity index (χ4v) is 10.0. The summed E-state index contributed by atoms with van der Waals surface area (Å²) >= 11 is 0. The largest absolute Gasteiger partial charge is 0.375 e. The minimum Gasteiger partial charge on any atom is -0.375 e. The van der Waals surface area contributed by atoms with Crippen LogP contribution < -0.4 is 25.6 Å². The summed E-state index contributed by atoms with van der Waals surface area (Å²) in [5.41, 5.74) is 1.85. The molecule has 19 heteroatoms. The van der Waals surface area contributed by atoms with E-state index in [4.69, 9.17) is 9.72 Å². The van der Waals surface area contributed by atoms with Crippen molar-refractivity contribution < 1.29 is 41.1 Å². The highest BCUT2D eigenvalue weighted by Gasteiger charge is 2.35. The van der Waals surface area contributed by atoms with Crippen LogP contribution in [0.5, 0.6) is 0 Å². The maximum absolute atomic E-state index is 15.7. The zero-order valence-corrected chi connectivity index (χ0v) is 35.6. The Morgan fingerprint density at radius 3 is 2.34 bits per heavy atom. The molecule has 1 aliphatic carbocycles. The molecule has 0 spiro atoms. The molecule has 3 aliphatic heterocycles. The molecule has 1 atom stereocenters. The van der Waals surface area contributed by atoms with Crippen molar-refractivity contribution in [2.45, 2.75) is 82.1 Å². The second-order valence-electron chi connectivity index (χ2n) is 16.8. The highest BCUT2D eigenvalue weighted by Crippen LogP contribution is 2.32. The molecule has 6 heterocycles. The van der Waals surface area contributed by atoms with E-state index in [1.165, 1.54) is 10.5 Å². The van der Waals surface area contributed by atoms with Crippen molar-refractivity contribution >= 4 is 61.9 Å². The summed E-state index contributed by atoms with van der Waals surface area (Å²) in [6, 6.07) is 14.3. The van der Waals surface area contributed by atoms with Crippen molar-refractivity contribution in [1.29, 1.82) is 0 Å². The van der Waals surface area contributed by atoms with E-state index in [-0.39, 0.29) is 61.0 Å². The van der Waals surface area contributed by atoms with Crippen molar-refractivity contribution in [3.8, 4) is 11.1 Å². The molecule has 2 aromatic carbocycles. The van der Waals surface area contributed by atoms with Gasteiger partial charge in [0.25, 0.3) is 0 Å². The Bertz CT molecular complexity index is 2700. The Morgan fingerprint density at radius 1 is 0.875 bits per heavy atom. The molecule has 4 fully saturated rings. The van der Waals surface area contributed by atoms with Gasteiger partial charge >= 0.3 is 10.2 Å². The average molecular weight is 896 g/mol. The number of carbonyl (C=O) groups is 4. The quantitative estimate of drug-likeness (QED) is 0.0743. The minimum absolute atomic E-state index is 0.0270. The molecular formula is C45H47F2N9O7S. The molecule has 3 saturated heterocycles.